The first-order chi connectivity index (χ1) is 8.56. The topological polar surface area (TPSA) is 78.3 Å². The predicted molar refractivity (Wildman–Crippen MR) is 65.8 cm³/mol. The fraction of sp³-hybridized carbons (Fsp3) is 0. The van der Waals surface area contributed by atoms with Crippen molar-refractivity contribution in [3.63, 3.8) is 0 Å². The van der Waals surface area contributed by atoms with E-state index in [0.29, 0.717) is 5.69 Å². The number of benzene rings is 2. The van der Waals surface area contributed by atoms with E-state index in [1.807, 2.05) is 0 Å². The van der Waals surface area contributed by atoms with Gasteiger partial charge in [0.25, 0.3) is 5.91 Å². The van der Waals surface area contributed by atoms with Gasteiger partial charge in [-0.1, -0.05) is 6.07 Å². The van der Waals surface area contributed by atoms with Crippen molar-refractivity contribution in [2.75, 3.05) is 5.73 Å². The summed E-state index contributed by atoms with van der Waals surface area (Å²) in [5.74, 6) is -0.568. The Hall–Kier alpha value is -2.56. The van der Waals surface area contributed by atoms with Crippen molar-refractivity contribution in [1.82, 2.24) is 0 Å². The number of nitrogen functional groups attached to an aromatic ring is 1. The molecule has 0 unspecified atom stereocenters. The van der Waals surface area contributed by atoms with Crippen LogP contribution in [0, 0.1) is 5.82 Å². The maximum atomic E-state index is 13.0. The molecule has 92 valence electrons. The number of hydrogen-bond donors (Lipinski definition) is 2. The summed E-state index contributed by atoms with van der Waals surface area (Å²) in [4.78, 5) is 11.2. The third kappa shape index (κ3) is 2.57. The summed E-state index contributed by atoms with van der Waals surface area (Å²) in [5, 5.41) is 0. The van der Waals surface area contributed by atoms with E-state index in [0.717, 1.165) is 0 Å². The van der Waals surface area contributed by atoms with E-state index in [9.17, 15) is 9.18 Å². The summed E-state index contributed by atoms with van der Waals surface area (Å²) in [6.45, 7) is 0. The summed E-state index contributed by atoms with van der Waals surface area (Å²) in [6.07, 6.45) is 0. The SMILES string of the molecule is NC(=O)c1cc(N)ccc1Oc1cccc(F)c1. The molecule has 0 bridgehead atoms. The lowest BCUT2D eigenvalue weighted by molar-refractivity contribution is 0.0998. The lowest BCUT2D eigenvalue weighted by Gasteiger charge is -2.09. The molecule has 0 fully saturated rings. The molecule has 0 aromatic heterocycles. The number of anilines is 1. The average molecular weight is 246 g/mol. The second-order valence-corrected chi connectivity index (χ2v) is 3.68. The highest BCUT2D eigenvalue weighted by Gasteiger charge is 2.11. The Bertz CT molecular complexity index is 599. The Labute approximate surface area is 103 Å². The molecular weight excluding hydrogens is 235 g/mol. The Kier molecular flexibility index (Phi) is 3.14. The minimum atomic E-state index is -0.659. The van der Waals surface area contributed by atoms with Gasteiger partial charge >= 0.3 is 0 Å². The van der Waals surface area contributed by atoms with Gasteiger partial charge in [0.05, 0.1) is 5.56 Å². The quantitative estimate of drug-likeness (QED) is 0.815. The van der Waals surface area contributed by atoms with Gasteiger partial charge in [0.1, 0.15) is 17.3 Å². The number of nitrogens with two attached hydrogens (primary N) is 2. The van der Waals surface area contributed by atoms with Crippen molar-refractivity contribution in [1.29, 1.82) is 0 Å². The van der Waals surface area contributed by atoms with Crippen LogP contribution in [0.2, 0.25) is 0 Å². The highest BCUT2D eigenvalue weighted by atomic mass is 19.1. The van der Waals surface area contributed by atoms with E-state index in [1.165, 1.54) is 30.3 Å². The van der Waals surface area contributed by atoms with Crippen LogP contribution in [-0.4, -0.2) is 5.91 Å². The molecular formula is C13H11FN2O2. The minimum absolute atomic E-state index is 0.152. The number of rotatable bonds is 3. The van der Waals surface area contributed by atoms with Gasteiger partial charge in [-0.3, -0.25) is 4.79 Å². The van der Waals surface area contributed by atoms with Gasteiger partial charge in [0, 0.05) is 11.8 Å². The van der Waals surface area contributed by atoms with Gasteiger partial charge in [0.2, 0.25) is 0 Å². The first-order valence-electron chi connectivity index (χ1n) is 5.19. The molecule has 18 heavy (non-hydrogen) atoms. The van der Waals surface area contributed by atoms with E-state index in [-0.39, 0.29) is 17.1 Å². The number of carbonyl (C=O) groups is 1. The monoisotopic (exact) mass is 246 g/mol. The third-order valence-corrected chi connectivity index (χ3v) is 2.29. The van der Waals surface area contributed by atoms with E-state index in [4.69, 9.17) is 16.2 Å². The average Bonchev–Trinajstić information content (AvgIpc) is 2.31. The summed E-state index contributed by atoms with van der Waals surface area (Å²) in [7, 11) is 0. The molecule has 5 heteroatoms. The zero-order valence-electron chi connectivity index (χ0n) is 9.39. The third-order valence-electron chi connectivity index (χ3n) is 2.29. The lowest BCUT2D eigenvalue weighted by Crippen LogP contribution is -2.12. The van der Waals surface area contributed by atoms with Crippen LogP contribution < -0.4 is 16.2 Å². The lowest BCUT2D eigenvalue weighted by atomic mass is 10.1. The van der Waals surface area contributed by atoms with Crippen LogP contribution in [0.15, 0.2) is 42.5 Å². The molecule has 0 aliphatic rings. The molecule has 0 spiro atoms. The van der Waals surface area contributed by atoms with Crippen molar-refractivity contribution in [2.45, 2.75) is 0 Å². The normalized spacial score (nSPS) is 10.1. The maximum absolute atomic E-state index is 13.0. The molecule has 2 rings (SSSR count). The number of primary amides is 1. The first-order valence-corrected chi connectivity index (χ1v) is 5.19. The predicted octanol–water partition coefficient (Wildman–Crippen LogP) is 2.30. The van der Waals surface area contributed by atoms with Crippen LogP contribution in [0.5, 0.6) is 11.5 Å². The molecule has 0 aliphatic heterocycles. The summed E-state index contributed by atoms with van der Waals surface area (Å²) < 4.78 is 18.4. The molecule has 4 N–H and O–H groups in total. The maximum Gasteiger partial charge on any atom is 0.252 e. The van der Waals surface area contributed by atoms with Gasteiger partial charge < -0.3 is 16.2 Å². The number of carbonyl (C=O) groups excluding carboxylic acids is 1. The van der Waals surface area contributed by atoms with Crippen molar-refractivity contribution in [3.05, 3.63) is 53.8 Å². The molecule has 4 nitrogen and oxygen atoms in total. The molecule has 0 saturated heterocycles. The largest absolute Gasteiger partial charge is 0.456 e. The Morgan fingerprint density at radius 3 is 2.61 bits per heavy atom. The summed E-state index contributed by atoms with van der Waals surface area (Å²) in [6, 6.07) is 10.1. The van der Waals surface area contributed by atoms with Crippen LogP contribution in [0.25, 0.3) is 0 Å². The van der Waals surface area contributed by atoms with Crippen LogP contribution in [0.3, 0.4) is 0 Å². The van der Waals surface area contributed by atoms with Gasteiger partial charge in [-0.15, -0.1) is 0 Å². The Balaban J connectivity index is 2.37. The van der Waals surface area contributed by atoms with Crippen LogP contribution in [0.4, 0.5) is 10.1 Å². The molecule has 0 aliphatic carbocycles. The molecule has 0 atom stereocenters. The summed E-state index contributed by atoms with van der Waals surface area (Å²) >= 11 is 0. The number of hydrogen-bond acceptors (Lipinski definition) is 3. The minimum Gasteiger partial charge on any atom is -0.456 e. The highest BCUT2D eigenvalue weighted by molar-refractivity contribution is 5.96. The van der Waals surface area contributed by atoms with Crippen molar-refractivity contribution in [2.24, 2.45) is 5.73 Å². The van der Waals surface area contributed by atoms with E-state index in [1.54, 1.807) is 12.1 Å². The van der Waals surface area contributed by atoms with E-state index >= 15 is 0 Å². The Morgan fingerprint density at radius 1 is 1.17 bits per heavy atom. The van der Waals surface area contributed by atoms with Crippen molar-refractivity contribution < 1.29 is 13.9 Å². The number of halogens is 1. The Morgan fingerprint density at radius 2 is 1.94 bits per heavy atom. The molecule has 0 heterocycles. The highest BCUT2D eigenvalue weighted by Crippen LogP contribution is 2.27. The zero-order valence-corrected chi connectivity index (χ0v) is 9.39. The van der Waals surface area contributed by atoms with Crippen molar-refractivity contribution in [3.8, 4) is 11.5 Å². The standard InChI is InChI=1S/C13H11FN2O2/c14-8-2-1-3-10(6-8)18-12-5-4-9(15)7-11(12)13(16)17/h1-7H,15H2,(H2,16,17). The van der Waals surface area contributed by atoms with Crippen LogP contribution in [0.1, 0.15) is 10.4 Å². The van der Waals surface area contributed by atoms with E-state index < -0.39 is 11.7 Å². The van der Waals surface area contributed by atoms with Gasteiger partial charge in [0.15, 0.2) is 0 Å². The number of amides is 1. The van der Waals surface area contributed by atoms with Gasteiger partial charge in [-0.2, -0.15) is 0 Å². The fourth-order valence-corrected chi connectivity index (χ4v) is 1.49. The molecule has 0 radical (unpaired) electrons. The van der Waals surface area contributed by atoms with Crippen LogP contribution in [-0.2, 0) is 0 Å². The van der Waals surface area contributed by atoms with Crippen molar-refractivity contribution >= 4 is 11.6 Å². The van der Waals surface area contributed by atoms with Gasteiger partial charge in [-0.05, 0) is 30.3 Å². The second-order valence-electron chi connectivity index (χ2n) is 3.68. The molecule has 2 aromatic carbocycles. The zero-order chi connectivity index (χ0) is 13.1. The smallest absolute Gasteiger partial charge is 0.252 e. The van der Waals surface area contributed by atoms with E-state index in [2.05, 4.69) is 0 Å². The fourth-order valence-electron chi connectivity index (χ4n) is 1.49. The second kappa shape index (κ2) is 4.75. The summed E-state index contributed by atoms with van der Waals surface area (Å²) in [5.41, 5.74) is 11.3. The number of ether oxygens (including phenoxy) is 1. The molecule has 0 saturated carbocycles. The molecule has 2 aromatic rings. The van der Waals surface area contributed by atoms with Gasteiger partial charge in [-0.25, -0.2) is 4.39 Å². The van der Waals surface area contributed by atoms with Crippen LogP contribution >= 0.6 is 0 Å². The molecule has 1 amide bonds. The first kappa shape index (κ1) is 11.9.